The van der Waals surface area contributed by atoms with Gasteiger partial charge in [0.2, 0.25) is 5.91 Å². The minimum absolute atomic E-state index is 0.0400. The van der Waals surface area contributed by atoms with Crippen molar-refractivity contribution in [3.8, 4) is 0 Å². The molecule has 0 heterocycles. The van der Waals surface area contributed by atoms with Gasteiger partial charge in [-0.1, -0.05) is 12.1 Å². The van der Waals surface area contributed by atoms with E-state index in [1.54, 1.807) is 32.0 Å². The van der Waals surface area contributed by atoms with Crippen LogP contribution >= 0.6 is 0 Å². The summed E-state index contributed by atoms with van der Waals surface area (Å²) in [7, 11) is 3.45. The zero-order valence-corrected chi connectivity index (χ0v) is 14.6. The molecular weight excluding hydrogens is 295 g/mol. The molecule has 0 aliphatic heterocycles. The number of aliphatic imine (C=N–C) groups is 1. The highest BCUT2D eigenvalue weighted by Gasteiger charge is 2.10. The van der Waals surface area contributed by atoms with Crippen molar-refractivity contribution in [2.45, 2.75) is 33.2 Å². The number of amides is 1. The van der Waals surface area contributed by atoms with E-state index in [2.05, 4.69) is 15.6 Å². The smallest absolute Gasteiger partial charge is 0.223 e. The Kier molecular flexibility index (Phi) is 7.51. The molecule has 1 atom stereocenters. The lowest BCUT2D eigenvalue weighted by Gasteiger charge is -2.18. The summed E-state index contributed by atoms with van der Waals surface area (Å²) in [5.74, 6) is 0.445. The second kappa shape index (κ2) is 9.12. The van der Waals surface area contributed by atoms with Gasteiger partial charge >= 0.3 is 0 Å². The van der Waals surface area contributed by atoms with E-state index in [1.807, 2.05) is 19.9 Å². The molecule has 128 valence electrons. The maximum absolute atomic E-state index is 13.7. The van der Waals surface area contributed by atoms with Gasteiger partial charge in [0.05, 0.1) is 12.6 Å². The van der Waals surface area contributed by atoms with Crippen molar-refractivity contribution in [2.24, 2.45) is 4.99 Å². The molecular formula is C17H27FN4O. The monoisotopic (exact) mass is 322 g/mol. The third-order valence-electron chi connectivity index (χ3n) is 3.49. The highest BCUT2D eigenvalue weighted by atomic mass is 19.1. The molecule has 0 aliphatic carbocycles. The average molecular weight is 322 g/mol. The highest BCUT2D eigenvalue weighted by Crippen LogP contribution is 2.16. The van der Waals surface area contributed by atoms with E-state index in [9.17, 15) is 9.18 Å². The van der Waals surface area contributed by atoms with Crippen LogP contribution < -0.4 is 10.6 Å². The predicted octanol–water partition coefficient (Wildman–Crippen LogP) is 2.23. The molecule has 0 saturated heterocycles. The van der Waals surface area contributed by atoms with Crippen LogP contribution in [0.2, 0.25) is 0 Å². The first kappa shape index (κ1) is 18.9. The number of nitrogens with zero attached hydrogens (tertiary/aromatic N) is 2. The van der Waals surface area contributed by atoms with Crippen molar-refractivity contribution in [3.05, 3.63) is 35.1 Å². The number of aryl methyl sites for hydroxylation is 1. The highest BCUT2D eigenvalue weighted by molar-refractivity contribution is 5.81. The van der Waals surface area contributed by atoms with Crippen LogP contribution in [0.5, 0.6) is 0 Å². The van der Waals surface area contributed by atoms with Gasteiger partial charge in [0.25, 0.3) is 0 Å². The van der Waals surface area contributed by atoms with Crippen molar-refractivity contribution in [1.29, 1.82) is 0 Å². The second-order valence-electron chi connectivity index (χ2n) is 5.67. The average Bonchev–Trinajstić information content (AvgIpc) is 2.49. The van der Waals surface area contributed by atoms with Crippen LogP contribution in [0.4, 0.5) is 4.39 Å². The molecule has 23 heavy (non-hydrogen) atoms. The van der Waals surface area contributed by atoms with Gasteiger partial charge in [0.15, 0.2) is 5.96 Å². The van der Waals surface area contributed by atoms with Crippen LogP contribution in [-0.2, 0) is 4.79 Å². The van der Waals surface area contributed by atoms with Crippen molar-refractivity contribution in [2.75, 3.05) is 27.2 Å². The van der Waals surface area contributed by atoms with E-state index in [0.29, 0.717) is 31.0 Å². The van der Waals surface area contributed by atoms with Crippen molar-refractivity contribution < 1.29 is 9.18 Å². The van der Waals surface area contributed by atoms with Gasteiger partial charge in [-0.15, -0.1) is 0 Å². The first-order valence-corrected chi connectivity index (χ1v) is 7.86. The van der Waals surface area contributed by atoms with Gasteiger partial charge in [-0.3, -0.25) is 9.79 Å². The summed E-state index contributed by atoms with van der Waals surface area (Å²) in [4.78, 5) is 17.5. The number of hydrogen-bond donors (Lipinski definition) is 2. The number of benzene rings is 1. The quantitative estimate of drug-likeness (QED) is 0.624. The summed E-state index contributed by atoms with van der Waals surface area (Å²) in [6.45, 7) is 6.77. The van der Waals surface area contributed by atoms with E-state index in [4.69, 9.17) is 0 Å². The normalized spacial score (nSPS) is 12.7. The topological polar surface area (TPSA) is 56.7 Å². The third-order valence-corrected chi connectivity index (χ3v) is 3.49. The largest absolute Gasteiger partial charge is 0.357 e. The van der Waals surface area contributed by atoms with Gasteiger partial charge in [-0.05, 0) is 38.0 Å². The lowest BCUT2D eigenvalue weighted by Crippen LogP contribution is -2.39. The van der Waals surface area contributed by atoms with Crippen molar-refractivity contribution >= 4 is 11.9 Å². The number of halogens is 1. The zero-order valence-electron chi connectivity index (χ0n) is 14.6. The van der Waals surface area contributed by atoms with Gasteiger partial charge in [-0.2, -0.15) is 0 Å². The van der Waals surface area contributed by atoms with Crippen LogP contribution in [0.15, 0.2) is 23.2 Å². The molecule has 1 rings (SSSR count). The lowest BCUT2D eigenvalue weighted by molar-refractivity contribution is -0.128. The van der Waals surface area contributed by atoms with E-state index in [1.165, 1.54) is 6.07 Å². The molecule has 1 amide bonds. The molecule has 1 aromatic carbocycles. The summed E-state index contributed by atoms with van der Waals surface area (Å²) < 4.78 is 13.7. The molecule has 1 aromatic rings. The Balaban J connectivity index is 2.70. The summed E-state index contributed by atoms with van der Waals surface area (Å²) in [5.41, 5.74) is 1.48. The first-order chi connectivity index (χ1) is 10.8. The lowest BCUT2D eigenvalue weighted by atomic mass is 10.1. The molecule has 0 spiro atoms. The summed E-state index contributed by atoms with van der Waals surface area (Å²) in [6, 6.07) is 5.11. The van der Waals surface area contributed by atoms with E-state index >= 15 is 0 Å². The number of carbonyl (C=O) groups excluding carboxylic acids is 1. The predicted molar refractivity (Wildman–Crippen MR) is 92.0 cm³/mol. The summed E-state index contributed by atoms with van der Waals surface area (Å²) in [6.07, 6.45) is 0.358. The molecule has 0 radical (unpaired) electrons. The Bertz CT molecular complexity index is 558. The van der Waals surface area contributed by atoms with E-state index in [0.717, 1.165) is 5.56 Å². The summed E-state index contributed by atoms with van der Waals surface area (Å²) in [5, 5.41) is 6.36. The van der Waals surface area contributed by atoms with Crippen LogP contribution in [0.1, 0.15) is 37.4 Å². The first-order valence-electron chi connectivity index (χ1n) is 7.86. The number of carbonyl (C=O) groups is 1. The van der Waals surface area contributed by atoms with Crippen LogP contribution in [0.25, 0.3) is 0 Å². The molecule has 0 bridgehead atoms. The maximum Gasteiger partial charge on any atom is 0.223 e. The minimum atomic E-state index is -0.213. The number of guanidine groups is 1. The standard InChI is InChI=1S/C17H27FN4O/c1-6-19-17(20-10-9-16(23)22(4)5)21-13(3)14-8-7-12(2)15(18)11-14/h7-8,11,13H,6,9-10H2,1-5H3,(H2,19,20,21). The second-order valence-corrected chi connectivity index (χ2v) is 5.67. The fraction of sp³-hybridized carbons (Fsp3) is 0.529. The molecule has 2 N–H and O–H groups in total. The Hall–Kier alpha value is -2.11. The molecule has 0 aliphatic rings. The van der Waals surface area contributed by atoms with Crippen LogP contribution in [-0.4, -0.2) is 44.0 Å². The third kappa shape index (κ3) is 6.26. The van der Waals surface area contributed by atoms with Crippen molar-refractivity contribution in [3.63, 3.8) is 0 Å². The number of rotatable bonds is 6. The molecule has 0 fully saturated rings. The van der Waals surface area contributed by atoms with Crippen molar-refractivity contribution in [1.82, 2.24) is 15.5 Å². The Labute approximate surface area is 138 Å². The Morgan fingerprint density at radius 1 is 1.39 bits per heavy atom. The summed E-state index contributed by atoms with van der Waals surface area (Å²) >= 11 is 0. The van der Waals surface area contributed by atoms with Crippen LogP contribution in [0.3, 0.4) is 0 Å². The maximum atomic E-state index is 13.7. The molecule has 0 aromatic heterocycles. The van der Waals surface area contributed by atoms with Crippen LogP contribution in [0, 0.1) is 12.7 Å². The van der Waals surface area contributed by atoms with Gasteiger partial charge < -0.3 is 15.5 Å². The molecule has 6 heteroatoms. The SMILES string of the molecule is CCNC(=NCCC(=O)N(C)C)NC(C)c1ccc(C)c(F)c1. The number of hydrogen-bond acceptors (Lipinski definition) is 2. The van der Waals surface area contributed by atoms with Gasteiger partial charge in [0, 0.05) is 27.1 Å². The molecule has 1 unspecified atom stereocenters. The van der Waals surface area contributed by atoms with E-state index < -0.39 is 0 Å². The zero-order chi connectivity index (χ0) is 17.4. The fourth-order valence-electron chi connectivity index (χ4n) is 1.97. The van der Waals surface area contributed by atoms with Gasteiger partial charge in [0.1, 0.15) is 5.82 Å². The molecule has 5 nitrogen and oxygen atoms in total. The Morgan fingerprint density at radius 3 is 2.65 bits per heavy atom. The number of nitrogens with one attached hydrogen (secondary N) is 2. The van der Waals surface area contributed by atoms with Gasteiger partial charge in [-0.25, -0.2) is 4.39 Å². The van der Waals surface area contributed by atoms with E-state index in [-0.39, 0.29) is 17.8 Å². The fourth-order valence-corrected chi connectivity index (χ4v) is 1.97. The minimum Gasteiger partial charge on any atom is -0.357 e. The Morgan fingerprint density at radius 2 is 2.09 bits per heavy atom. The molecule has 0 saturated carbocycles.